The first-order valence-corrected chi connectivity index (χ1v) is 3.11. The van der Waals surface area contributed by atoms with Crippen molar-refractivity contribution < 1.29 is 4.79 Å². The highest BCUT2D eigenvalue weighted by molar-refractivity contribution is 5.86. The minimum atomic E-state index is 0. The lowest BCUT2D eigenvalue weighted by Crippen LogP contribution is -2.22. The molecular formula is C6H11Cl2NO. The second kappa shape index (κ2) is 3.56. The van der Waals surface area contributed by atoms with E-state index < -0.39 is 0 Å². The van der Waals surface area contributed by atoms with Crippen molar-refractivity contribution in [2.45, 2.75) is 6.42 Å². The Morgan fingerprint density at radius 2 is 2.10 bits per heavy atom. The molecule has 60 valence electrons. The van der Waals surface area contributed by atoms with Crippen LogP contribution in [-0.4, -0.2) is 30.3 Å². The molecule has 2 aliphatic rings. The van der Waals surface area contributed by atoms with Gasteiger partial charge in [0.2, 0.25) is 0 Å². The summed E-state index contributed by atoms with van der Waals surface area (Å²) >= 11 is 0. The lowest BCUT2D eigenvalue weighted by atomic mass is 10.1. The molecular weight excluding hydrogens is 173 g/mol. The van der Waals surface area contributed by atoms with Gasteiger partial charge in [0.25, 0.3) is 0 Å². The molecule has 0 aromatic rings. The zero-order valence-corrected chi connectivity index (χ0v) is 7.21. The van der Waals surface area contributed by atoms with Crippen molar-refractivity contribution in [1.82, 2.24) is 4.90 Å². The highest BCUT2D eigenvalue weighted by Gasteiger charge is 2.35. The van der Waals surface area contributed by atoms with Crippen molar-refractivity contribution >= 4 is 30.6 Å². The zero-order chi connectivity index (χ0) is 5.56. The Kier molecular flexibility index (Phi) is 3.63. The summed E-state index contributed by atoms with van der Waals surface area (Å²) in [7, 11) is 0. The van der Waals surface area contributed by atoms with Gasteiger partial charge in [0.05, 0.1) is 6.54 Å². The first kappa shape index (κ1) is 10.2. The third-order valence-corrected chi connectivity index (χ3v) is 2.11. The summed E-state index contributed by atoms with van der Waals surface area (Å²) in [5.41, 5.74) is 0. The zero-order valence-electron chi connectivity index (χ0n) is 5.58. The van der Waals surface area contributed by atoms with Crippen molar-refractivity contribution in [3.8, 4) is 0 Å². The van der Waals surface area contributed by atoms with Gasteiger partial charge in [0.15, 0.2) is 5.78 Å². The van der Waals surface area contributed by atoms with E-state index in [4.69, 9.17) is 0 Å². The van der Waals surface area contributed by atoms with Crippen LogP contribution < -0.4 is 0 Å². The molecule has 10 heavy (non-hydrogen) atoms. The van der Waals surface area contributed by atoms with Crippen LogP contribution in [0.25, 0.3) is 0 Å². The highest BCUT2D eigenvalue weighted by atomic mass is 35.5. The SMILES string of the molecule is Cl.Cl.O=C1CN2CCC1C2. The van der Waals surface area contributed by atoms with Gasteiger partial charge in [-0.05, 0) is 13.0 Å². The van der Waals surface area contributed by atoms with Gasteiger partial charge in [0, 0.05) is 12.5 Å². The number of hydrogen-bond acceptors (Lipinski definition) is 2. The van der Waals surface area contributed by atoms with Crippen LogP contribution in [0.5, 0.6) is 0 Å². The van der Waals surface area contributed by atoms with Crippen molar-refractivity contribution in [2.75, 3.05) is 19.6 Å². The van der Waals surface area contributed by atoms with E-state index in [1.54, 1.807) is 0 Å². The molecule has 0 aromatic carbocycles. The van der Waals surface area contributed by atoms with E-state index in [0.29, 0.717) is 11.7 Å². The number of carbonyl (C=O) groups is 1. The summed E-state index contributed by atoms with van der Waals surface area (Å²) in [6, 6.07) is 0. The van der Waals surface area contributed by atoms with E-state index in [1.807, 2.05) is 0 Å². The maximum absolute atomic E-state index is 10.8. The van der Waals surface area contributed by atoms with Crippen molar-refractivity contribution in [3.63, 3.8) is 0 Å². The Balaban J connectivity index is 0.000000405. The normalized spacial score (nSPS) is 35.0. The van der Waals surface area contributed by atoms with Crippen molar-refractivity contribution in [3.05, 3.63) is 0 Å². The minimum absolute atomic E-state index is 0. The molecule has 0 aliphatic carbocycles. The predicted octanol–water partition coefficient (Wildman–Crippen LogP) is 0.735. The number of fused-ring (bicyclic) bond motifs is 2. The van der Waals surface area contributed by atoms with E-state index in [2.05, 4.69) is 4.90 Å². The number of halogens is 2. The quantitative estimate of drug-likeness (QED) is 0.553. The smallest absolute Gasteiger partial charge is 0.151 e. The van der Waals surface area contributed by atoms with Gasteiger partial charge in [-0.1, -0.05) is 0 Å². The fourth-order valence-electron chi connectivity index (χ4n) is 1.59. The van der Waals surface area contributed by atoms with Crippen LogP contribution in [0.15, 0.2) is 0 Å². The molecule has 2 unspecified atom stereocenters. The second-order valence-corrected chi connectivity index (χ2v) is 2.69. The van der Waals surface area contributed by atoms with Crippen molar-refractivity contribution in [2.24, 2.45) is 5.92 Å². The first-order valence-electron chi connectivity index (χ1n) is 3.11. The molecule has 0 saturated carbocycles. The van der Waals surface area contributed by atoms with E-state index in [1.165, 1.54) is 0 Å². The van der Waals surface area contributed by atoms with Gasteiger partial charge < -0.3 is 0 Å². The Labute approximate surface area is 72.8 Å². The summed E-state index contributed by atoms with van der Waals surface area (Å²) in [6.07, 6.45) is 1.12. The largest absolute Gasteiger partial charge is 0.298 e. The topological polar surface area (TPSA) is 20.3 Å². The molecule has 2 rings (SSSR count). The van der Waals surface area contributed by atoms with Gasteiger partial charge >= 0.3 is 0 Å². The fraction of sp³-hybridized carbons (Fsp3) is 0.833. The van der Waals surface area contributed by atoms with Crippen LogP contribution in [0.4, 0.5) is 0 Å². The number of ketones is 1. The van der Waals surface area contributed by atoms with Gasteiger partial charge in [-0.3, -0.25) is 9.69 Å². The maximum atomic E-state index is 10.8. The summed E-state index contributed by atoms with van der Waals surface area (Å²) in [4.78, 5) is 13.0. The summed E-state index contributed by atoms with van der Waals surface area (Å²) in [6.45, 7) is 2.96. The number of piperidine rings is 1. The Bertz CT molecular complexity index is 140. The molecule has 4 heteroatoms. The van der Waals surface area contributed by atoms with Crippen LogP contribution >= 0.6 is 24.8 Å². The van der Waals surface area contributed by atoms with E-state index in [9.17, 15) is 4.79 Å². The number of nitrogens with zero attached hydrogens (tertiary/aromatic N) is 1. The molecule has 2 nitrogen and oxygen atoms in total. The first-order chi connectivity index (χ1) is 3.86. The monoisotopic (exact) mass is 183 g/mol. The predicted molar refractivity (Wildman–Crippen MR) is 44.1 cm³/mol. The van der Waals surface area contributed by atoms with E-state index in [-0.39, 0.29) is 24.8 Å². The highest BCUT2D eigenvalue weighted by Crippen LogP contribution is 2.23. The van der Waals surface area contributed by atoms with Gasteiger partial charge in [-0.25, -0.2) is 0 Å². The molecule has 0 N–H and O–H groups in total. The van der Waals surface area contributed by atoms with E-state index >= 15 is 0 Å². The summed E-state index contributed by atoms with van der Waals surface area (Å²) in [5, 5.41) is 0. The van der Waals surface area contributed by atoms with Crippen LogP contribution in [0.1, 0.15) is 6.42 Å². The van der Waals surface area contributed by atoms with Gasteiger partial charge in [-0.2, -0.15) is 0 Å². The lowest BCUT2D eigenvalue weighted by Gasteiger charge is -2.08. The van der Waals surface area contributed by atoms with Crippen LogP contribution in [0.2, 0.25) is 0 Å². The van der Waals surface area contributed by atoms with Gasteiger partial charge in [-0.15, -0.1) is 24.8 Å². The molecule has 0 amide bonds. The van der Waals surface area contributed by atoms with Crippen molar-refractivity contribution in [1.29, 1.82) is 0 Å². The summed E-state index contributed by atoms with van der Waals surface area (Å²) < 4.78 is 0. The molecule has 0 aromatic heterocycles. The third kappa shape index (κ3) is 1.44. The van der Waals surface area contributed by atoms with Crippen LogP contribution in [-0.2, 0) is 4.79 Å². The van der Waals surface area contributed by atoms with E-state index in [0.717, 1.165) is 26.1 Å². The fourth-order valence-corrected chi connectivity index (χ4v) is 1.59. The van der Waals surface area contributed by atoms with Crippen LogP contribution in [0.3, 0.4) is 0 Å². The summed E-state index contributed by atoms with van der Waals surface area (Å²) in [5.74, 6) is 0.895. The van der Waals surface area contributed by atoms with Gasteiger partial charge in [0.1, 0.15) is 0 Å². The average molecular weight is 184 g/mol. The Hall–Kier alpha value is 0.210. The Morgan fingerprint density at radius 3 is 2.30 bits per heavy atom. The molecule has 2 bridgehead atoms. The molecule has 0 radical (unpaired) electrons. The maximum Gasteiger partial charge on any atom is 0.151 e. The number of carbonyl (C=O) groups excluding carboxylic acids is 1. The molecule has 2 aliphatic heterocycles. The minimum Gasteiger partial charge on any atom is -0.298 e. The number of Topliss-reactive ketones (excluding diaryl/α,β-unsaturated/α-hetero) is 1. The molecule has 2 fully saturated rings. The second-order valence-electron chi connectivity index (χ2n) is 2.69. The molecule has 2 atom stereocenters. The Morgan fingerprint density at radius 1 is 1.40 bits per heavy atom. The molecule has 2 saturated heterocycles. The standard InChI is InChI=1S/C6H9NO.2ClH/c8-6-4-7-2-1-5(6)3-7;;/h5H,1-4H2;2*1H. The average Bonchev–Trinajstić information content (AvgIpc) is 2.23. The lowest BCUT2D eigenvalue weighted by molar-refractivity contribution is -0.120. The number of rotatable bonds is 0. The molecule has 2 heterocycles. The third-order valence-electron chi connectivity index (χ3n) is 2.11. The number of hydrogen-bond donors (Lipinski definition) is 0. The molecule has 0 spiro atoms. The van der Waals surface area contributed by atoms with Crippen LogP contribution in [0, 0.1) is 5.92 Å².